The van der Waals surface area contributed by atoms with Crippen molar-refractivity contribution < 1.29 is 19.8 Å². The Morgan fingerprint density at radius 3 is 2.10 bits per heavy atom. The molecule has 6 heteroatoms. The van der Waals surface area contributed by atoms with E-state index in [1.165, 1.54) is 24.3 Å². The molecule has 106 valence electrons. The zero-order valence-electron chi connectivity index (χ0n) is 10.8. The Morgan fingerprint density at radius 1 is 1.15 bits per heavy atom. The molecule has 0 heterocycles. The van der Waals surface area contributed by atoms with Gasteiger partial charge in [0, 0.05) is 11.1 Å². The van der Waals surface area contributed by atoms with Gasteiger partial charge >= 0.3 is 0 Å². The van der Waals surface area contributed by atoms with E-state index < -0.39 is 24.3 Å². The molecule has 1 rings (SSSR count). The lowest BCUT2D eigenvalue weighted by Crippen LogP contribution is -2.45. The van der Waals surface area contributed by atoms with Crippen LogP contribution in [0.15, 0.2) is 49.6 Å². The zero-order valence-corrected chi connectivity index (χ0v) is 10.8. The molecule has 0 bridgehead atoms. The molecule has 2 amide bonds. The van der Waals surface area contributed by atoms with Gasteiger partial charge in [-0.15, -0.1) is 0 Å². The quantitative estimate of drug-likeness (QED) is 0.511. The van der Waals surface area contributed by atoms with Crippen LogP contribution in [0.1, 0.15) is 20.7 Å². The van der Waals surface area contributed by atoms with Crippen molar-refractivity contribution in [2.75, 3.05) is 0 Å². The Bertz CT molecular complexity index is 528. The highest BCUT2D eigenvalue weighted by atomic mass is 16.3. The summed E-state index contributed by atoms with van der Waals surface area (Å²) in [6.07, 6.45) is -0.619. The van der Waals surface area contributed by atoms with Crippen molar-refractivity contribution in [3.8, 4) is 0 Å². The molecule has 0 radical (unpaired) electrons. The van der Waals surface area contributed by atoms with Crippen LogP contribution in [-0.4, -0.2) is 39.4 Å². The number of carbonyl (C=O) groups is 2. The average Bonchev–Trinajstić information content (AvgIpc) is 2.46. The number of nitrogens with two attached hydrogens (primary N) is 1. The monoisotopic (exact) mass is 276 g/mol. The lowest BCUT2D eigenvalue weighted by atomic mass is 10.1. The number of aliphatic hydroxyl groups is 2. The number of hydrogen-bond donors (Lipinski definition) is 3. The highest BCUT2D eigenvalue weighted by Crippen LogP contribution is 2.13. The molecule has 2 unspecified atom stereocenters. The fourth-order valence-corrected chi connectivity index (χ4v) is 1.58. The largest absolute Gasteiger partial charge is 0.370 e. The number of carbonyl (C=O) groups excluding carboxylic acids is 2. The van der Waals surface area contributed by atoms with Crippen molar-refractivity contribution in [1.29, 1.82) is 0 Å². The molecule has 6 nitrogen and oxygen atoms in total. The third-order valence-corrected chi connectivity index (χ3v) is 2.62. The maximum atomic E-state index is 12.3. The van der Waals surface area contributed by atoms with Gasteiger partial charge in [0.15, 0.2) is 12.5 Å². The number of amides is 2. The van der Waals surface area contributed by atoms with Gasteiger partial charge in [0.05, 0.1) is 0 Å². The molecule has 0 fully saturated rings. The molecule has 2 atom stereocenters. The van der Waals surface area contributed by atoms with E-state index in [1.807, 2.05) is 0 Å². The lowest BCUT2D eigenvalue weighted by Gasteiger charge is -2.29. The number of aliphatic hydroxyl groups excluding tert-OH is 2. The number of hydrogen-bond acceptors (Lipinski definition) is 4. The number of nitrogens with zero attached hydrogens (tertiary/aromatic N) is 1. The maximum Gasteiger partial charge on any atom is 0.258 e. The SMILES string of the molecule is C=CC(O)N(C(=O)c1cccc(C(N)=O)c1)C(O)C=C. The van der Waals surface area contributed by atoms with E-state index in [0.29, 0.717) is 0 Å². The van der Waals surface area contributed by atoms with Crippen LogP contribution in [0.3, 0.4) is 0 Å². The number of rotatable bonds is 6. The Kier molecular flexibility index (Phi) is 5.19. The summed E-state index contributed by atoms with van der Waals surface area (Å²) in [5.74, 6) is -1.37. The third kappa shape index (κ3) is 3.31. The van der Waals surface area contributed by atoms with Gasteiger partial charge in [-0.05, 0) is 30.4 Å². The van der Waals surface area contributed by atoms with Gasteiger partial charge < -0.3 is 15.9 Å². The molecule has 0 saturated carbocycles. The second-order valence-electron chi connectivity index (χ2n) is 3.96. The third-order valence-electron chi connectivity index (χ3n) is 2.62. The molecule has 0 spiro atoms. The molecule has 0 aromatic heterocycles. The van der Waals surface area contributed by atoms with Crippen molar-refractivity contribution in [2.45, 2.75) is 12.5 Å². The van der Waals surface area contributed by atoms with Crippen LogP contribution in [0.25, 0.3) is 0 Å². The summed E-state index contributed by atoms with van der Waals surface area (Å²) in [6, 6.07) is 5.65. The second-order valence-corrected chi connectivity index (χ2v) is 3.96. The van der Waals surface area contributed by atoms with E-state index in [9.17, 15) is 19.8 Å². The molecule has 1 aromatic rings. The Balaban J connectivity index is 3.18. The number of benzene rings is 1. The molecule has 0 saturated heterocycles. The molecule has 0 aliphatic heterocycles. The van der Waals surface area contributed by atoms with Gasteiger partial charge in [0.1, 0.15) is 0 Å². The molecular formula is C14H16N2O4. The zero-order chi connectivity index (χ0) is 15.3. The molecule has 4 N–H and O–H groups in total. The standard InChI is InChI=1S/C14H16N2O4/c1-3-11(17)16(12(18)4-2)14(20)10-7-5-6-9(8-10)13(15)19/h3-8,11-12,17-18H,1-2H2,(H2,15,19). The first-order chi connectivity index (χ1) is 9.42. The summed E-state index contributed by atoms with van der Waals surface area (Å²) in [6.45, 7) is 6.71. The van der Waals surface area contributed by atoms with Crippen LogP contribution in [-0.2, 0) is 0 Å². The normalized spacial score (nSPS) is 13.1. The summed E-state index contributed by atoms with van der Waals surface area (Å²) in [7, 11) is 0. The van der Waals surface area contributed by atoms with E-state index in [1.54, 1.807) is 0 Å². The van der Waals surface area contributed by atoms with Crippen molar-refractivity contribution in [1.82, 2.24) is 4.90 Å². The van der Waals surface area contributed by atoms with Crippen molar-refractivity contribution in [3.05, 3.63) is 60.7 Å². The van der Waals surface area contributed by atoms with Gasteiger partial charge in [-0.2, -0.15) is 0 Å². The van der Waals surface area contributed by atoms with Gasteiger partial charge in [-0.25, -0.2) is 0 Å². The van der Waals surface area contributed by atoms with E-state index >= 15 is 0 Å². The maximum absolute atomic E-state index is 12.3. The smallest absolute Gasteiger partial charge is 0.258 e. The van der Waals surface area contributed by atoms with E-state index in [-0.39, 0.29) is 11.1 Å². The first-order valence-electron chi connectivity index (χ1n) is 5.76. The topological polar surface area (TPSA) is 104 Å². The van der Waals surface area contributed by atoms with E-state index in [4.69, 9.17) is 5.73 Å². The summed E-state index contributed by atoms with van der Waals surface area (Å²) >= 11 is 0. The van der Waals surface area contributed by atoms with Crippen LogP contribution >= 0.6 is 0 Å². The fraction of sp³-hybridized carbons (Fsp3) is 0.143. The molecular weight excluding hydrogens is 260 g/mol. The summed E-state index contributed by atoms with van der Waals surface area (Å²) in [5, 5.41) is 19.4. The Labute approximate surface area is 116 Å². The van der Waals surface area contributed by atoms with E-state index in [0.717, 1.165) is 17.1 Å². The van der Waals surface area contributed by atoms with Crippen molar-refractivity contribution in [3.63, 3.8) is 0 Å². The summed E-state index contributed by atoms with van der Waals surface area (Å²) in [5.41, 5.74) is 5.39. The fourth-order valence-electron chi connectivity index (χ4n) is 1.58. The predicted molar refractivity (Wildman–Crippen MR) is 73.5 cm³/mol. The molecule has 20 heavy (non-hydrogen) atoms. The van der Waals surface area contributed by atoms with Gasteiger partial charge in [-0.1, -0.05) is 19.2 Å². The molecule has 1 aromatic carbocycles. The highest BCUT2D eigenvalue weighted by molar-refractivity contribution is 5.99. The summed E-state index contributed by atoms with van der Waals surface area (Å²) in [4.78, 5) is 24.1. The van der Waals surface area contributed by atoms with Crippen LogP contribution in [0, 0.1) is 0 Å². The van der Waals surface area contributed by atoms with Gasteiger partial charge in [0.25, 0.3) is 5.91 Å². The second kappa shape index (κ2) is 6.65. The minimum atomic E-state index is -1.40. The van der Waals surface area contributed by atoms with Gasteiger partial charge in [0.2, 0.25) is 5.91 Å². The number of primary amides is 1. The van der Waals surface area contributed by atoms with Crippen LogP contribution < -0.4 is 5.73 Å². The minimum absolute atomic E-state index is 0.100. The van der Waals surface area contributed by atoms with Crippen LogP contribution in [0.2, 0.25) is 0 Å². The van der Waals surface area contributed by atoms with E-state index in [2.05, 4.69) is 13.2 Å². The molecule has 0 aliphatic rings. The van der Waals surface area contributed by atoms with Gasteiger partial charge in [-0.3, -0.25) is 14.5 Å². The van der Waals surface area contributed by atoms with Crippen LogP contribution in [0.5, 0.6) is 0 Å². The van der Waals surface area contributed by atoms with Crippen molar-refractivity contribution >= 4 is 11.8 Å². The first kappa shape index (κ1) is 15.6. The first-order valence-corrected chi connectivity index (χ1v) is 5.76. The average molecular weight is 276 g/mol. The summed E-state index contributed by atoms with van der Waals surface area (Å²) < 4.78 is 0. The Hall–Kier alpha value is -2.44. The van der Waals surface area contributed by atoms with Crippen molar-refractivity contribution in [2.24, 2.45) is 5.73 Å². The Morgan fingerprint density at radius 2 is 1.65 bits per heavy atom. The van der Waals surface area contributed by atoms with Crippen LogP contribution in [0.4, 0.5) is 0 Å². The highest BCUT2D eigenvalue weighted by Gasteiger charge is 2.26. The molecule has 0 aliphatic carbocycles. The predicted octanol–water partition coefficient (Wildman–Crippen LogP) is 0.237. The lowest BCUT2D eigenvalue weighted by molar-refractivity contribution is -0.0365. The minimum Gasteiger partial charge on any atom is -0.370 e.